The SMILES string of the molecule is Clc1cc2c(I)ncc(Br)c2cn1. The molecule has 2 aromatic rings. The highest BCUT2D eigenvalue weighted by Gasteiger charge is 2.04. The van der Waals surface area contributed by atoms with Crippen LogP contribution in [0, 0.1) is 3.70 Å². The fraction of sp³-hybridized carbons (Fsp3) is 0. The van der Waals surface area contributed by atoms with Crippen molar-refractivity contribution in [1.29, 1.82) is 0 Å². The first-order valence-electron chi connectivity index (χ1n) is 3.44. The molecule has 0 bridgehead atoms. The molecule has 0 fully saturated rings. The van der Waals surface area contributed by atoms with E-state index in [0.717, 1.165) is 18.9 Å². The molecule has 0 saturated heterocycles. The van der Waals surface area contributed by atoms with Gasteiger partial charge in [-0.1, -0.05) is 11.6 Å². The van der Waals surface area contributed by atoms with Crippen LogP contribution in [0.2, 0.25) is 5.15 Å². The lowest BCUT2D eigenvalue weighted by atomic mass is 10.2. The van der Waals surface area contributed by atoms with Gasteiger partial charge < -0.3 is 0 Å². The third-order valence-corrected chi connectivity index (χ3v) is 3.34. The molecule has 0 aliphatic carbocycles. The minimum absolute atomic E-state index is 0.491. The van der Waals surface area contributed by atoms with Crippen molar-refractivity contribution in [2.24, 2.45) is 0 Å². The molecule has 0 aliphatic heterocycles. The summed E-state index contributed by atoms with van der Waals surface area (Å²) in [5.41, 5.74) is 0. The minimum Gasteiger partial charge on any atom is -0.248 e. The van der Waals surface area contributed by atoms with Gasteiger partial charge in [0.05, 0.1) is 0 Å². The number of nitrogens with zero attached hydrogens (tertiary/aromatic N) is 2. The van der Waals surface area contributed by atoms with Crippen LogP contribution < -0.4 is 0 Å². The number of halogens is 3. The third-order valence-electron chi connectivity index (χ3n) is 1.64. The summed E-state index contributed by atoms with van der Waals surface area (Å²) in [7, 11) is 0. The van der Waals surface area contributed by atoms with Crippen molar-refractivity contribution in [3.05, 3.63) is 31.8 Å². The van der Waals surface area contributed by atoms with Gasteiger partial charge in [0.2, 0.25) is 0 Å². The van der Waals surface area contributed by atoms with E-state index in [0.29, 0.717) is 5.15 Å². The van der Waals surface area contributed by atoms with Crippen molar-refractivity contribution in [2.75, 3.05) is 0 Å². The minimum atomic E-state index is 0.491. The number of hydrogen-bond acceptors (Lipinski definition) is 2. The number of hydrogen-bond donors (Lipinski definition) is 0. The molecule has 0 radical (unpaired) electrons. The average molecular weight is 369 g/mol. The van der Waals surface area contributed by atoms with E-state index in [-0.39, 0.29) is 0 Å². The van der Waals surface area contributed by atoms with Gasteiger partial charge in [0.25, 0.3) is 0 Å². The summed E-state index contributed by atoms with van der Waals surface area (Å²) in [5, 5.41) is 2.55. The van der Waals surface area contributed by atoms with Crippen LogP contribution in [-0.4, -0.2) is 9.97 Å². The topological polar surface area (TPSA) is 25.8 Å². The summed E-state index contributed by atoms with van der Waals surface area (Å²) in [5.74, 6) is 0. The molecule has 2 nitrogen and oxygen atoms in total. The maximum atomic E-state index is 5.79. The monoisotopic (exact) mass is 368 g/mol. The van der Waals surface area contributed by atoms with Crippen molar-refractivity contribution in [3.8, 4) is 0 Å². The third kappa shape index (κ3) is 1.80. The van der Waals surface area contributed by atoms with Crippen LogP contribution in [0.1, 0.15) is 0 Å². The van der Waals surface area contributed by atoms with E-state index in [4.69, 9.17) is 11.6 Å². The maximum Gasteiger partial charge on any atom is 0.129 e. The Morgan fingerprint density at radius 3 is 2.77 bits per heavy atom. The highest BCUT2D eigenvalue weighted by molar-refractivity contribution is 14.1. The van der Waals surface area contributed by atoms with Crippen LogP contribution in [0.3, 0.4) is 0 Å². The highest BCUT2D eigenvalue weighted by atomic mass is 127. The lowest BCUT2D eigenvalue weighted by molar-refractivity contribution is 1.27. The van der Waals surface area contributed by atoms with Gasteiger partial charge in [0, 0.05) is 27.6 Å². The molecule has 2 rings (SSSR count). The summed E-state index contributed by atoms with van der Waals surface area (Å²) in [6.45, 7) is 0. The molecular weight excluding hydrogens is 366 g/mol. The number of pyridine rings is 2. The highest BCUT2D eigenvalue weighted by Crippen LogP contribution is 2.26. The van der Waals surface area contributed by atoms with Crippen LogP contribution >= 0.6 is 50.1 Å². The zero-order valence-corrected chi connectivity index (χ0v) is 10.8. The molecule has 2 heterocycles. The lowest BCUT2D eigenvalue weighted by Gasteiger charge is -2.01. The van der Waals surface area contributed by atoms with Crippen molar-refractivity contribution < 1.29 is 0 Å². The van der Waals surface area contributed by atoms with Gasteiger partial charge in [-0.3, -0.25) is 0 Å². The Morgan fingerprint density at radius 2 is 2.00 bits per heavy atom. The first-order valence-corrected chi connectivity index (χ1v) is 5.68. The van der Waals surface area contributed by atoms with Gasteiger partial charge in [0.15, 0.2) is 0 Å². The molecule has 66 valence electrons. The zero-order valence-electron chi connectivity index (χ0n) is 6.26. The van der Waals surface area contributed by atoms with E-state index in [1.54, 1.807) is 12.4 Å². The molecular formula is C8H3BrClIN2. The van der Waals surface area contributed by atoms with E-state index in [1.807, 2.05) is 6.07 Å². The predicted molar refractivity (Wildman–Crippen MR) is 65.0 cm³/mol. The fourth-order valence-electron chi connectivity index (χ4n) is 1.04. The van der Waals surface area contributed by atoms with Gasteiger partial charge in [-0.2, -0.15) is 0 Å². The van der Waals surface area contributed by atoms with Crippen LogP contribution in [-0.2, 0) is 0 Å². The Bertz CT molecular complexity index is 475. The summed E-state index contributed by atoms with van der Waals surface area (Å²) < 4.78 is 1.87. The van der Waals surface area contributed by atoms with E-state index < -0.39 is 0 Å². The van der Waals surface area contributed by atoms with E-state index in [1.165, 1.54) is 0 Å². The molecule has 0 N–H and O–H groups in total. The normalized spacial score (nSPS) is 10.7. The maximum absolute atomic E-state index is 5.79. The zero-order chi connectivity index (χ0) is 9.42. The summed E-state index contributed by atoms with van der Waals surface area (Å²) in [6, 6.07) is 1.82. The van der Waals surface area contributed by atoms with Crippen molar-refractivity contribution in [2.45, 2.75) is 0 Å². The van der Waals surface area contributed by atoms with Gasteiger partial charge >= 0.3 is 0 Å². The average Bonchev–Trinajstić information content (AvgIpc) is 2.12. The molecule has 0 atom stereocenters. The molecule has 0 unspecified atom stereocenters. The summed E-state index contributed by atoms with van der Waals surface area (Å²) in [6.07, 6.45) is 3.51. The largest absolute Gasteiger partial charge is 0.248 e. The smallest absolute Gasteiger partial charge is 0.129 e. The quantitative estimate of drug-likeness (QED) is 0.523. The van der Waals surface area contributed by atoms with Gasteiger partial charge in [0.1, 0.15) is 8.85 Å². The van der Waals surface area contributed by atoms with E-state index in [2.05, 4.69) is 48.5 Å². The fourth-order valence-corrected chi connectivity index (χ4v) is 2.21. The second-order valence-electron chi connectivity index (χ2n) is 2.45. The van der Waals surface area contributed by atoms with E-state index in [9.17, 15) is 0 Å². The van der Waals surface area contributed by atoms with Crippen LogP contribution in [0.5, 0.6) is 0 Å². The van der Waals surface area contributed by atoms with Crippen LogP contribution in [0.15, 0.2) is 22.9 Å². The molecule has 0 spiro atoms. The van der Waals surface area contributed by atoms with Crippen molar-refractivity contribution in [1.82, 2.24) is 9.97 Å². The molecule has 0 aromatic carbocycles. The standard InChI is InChI=1S/C8H3BrClIN2/c9-6-3-13-8(11)4-1-7(10)12-2-5(4)6/h1-3H. The Kier molecular flexibility index (Phi) is 2.71. The Hall–Kier alpha value is 0.0600. The molecule has 0 amide bonds. The van der Waals surface area contributed by atoms with Gasteiger partial charge in [-0.05, 0) is 44.6 Å². The van der Waals surface area contributed by atoms with E-state index >= 15 is 0 Å². The molecule has 5 heteroatoms. The van der Waals surface area contributed by atoms with Crippen molar-refractivity contribution >= 4 is 60.9 Å². The van der Waals surface area contributed by atoms with Crippen LogP contribution in [0.4, 0.5) is 0 Å². The second-order valence-corrected chi connectivity index (χ2v) is 4.71. The number of aromatic nitrogens is 2. The summed E-state index contributed by atoms with van der Waals surface area (Å²) in [4.78, 5) is 8.21. The number of rotatable bonds is 0. The predicted octanol–water partition coefficient (Wildman–Crippen LogP) is 3.65. The molecule has 0 aliphatic rings. The Morgan fingerprint density at radius 1 is 1.23 bits per heavy atom. The van der Waals surface area contributed by atoms with Gasteiger partial charge in [-0.15, -0.1) is 0 Å². The summed E-state index contributed by atoms with van der Waals surface area (Å²) >= 11 is 11.4. The second kappa shape index (κ2) is 3.67. The van der Waals surface area contributed by atoms with Gasteiger partial charge in [-0.25, -0.2) is 9.97 Å². The lowest BCUT2D eigenvalue weighted by Crippen LogP contribution is -1.86. The molecule has 0 saturated carbocycles. The van der Waals surface area contributed by atoms with Crippen molar-refractivity contribution in [3.63, 3.8) is 0 Å². The number of fused-ring (bicyclic) bond motifs is 1. The molecule has 2 aromatic heterocycles. The van der Waals surface area contributed by atoms with Crippen LogP contribution in [0.25, 0.3) is 10.8 Å². The first kappa shape index (κ1) is 9.61. The molecule has 13 heavy (non-hydrogen) atoms. The Labute approximate surface area is 102 Å². The Balaban J connectivity index is 2.92. The first-order chi connectivity index (χ1) is 6.18.